The van der Waals surface area contributed by atoms with E-state index in [1.165, 1.54) is 0 Å². The minimum atomic E-state index is -0.561. The van der Waals surface area contributed by atoms with E-state index in [-0.39, 0.29) is 31.8 Å². The Morgan fingerprint density at radius 2 is 1.97 bits per heavy atom. The molecule has 6 nitrogen and oxygen atoms in total. The topological polar surface area (TPSA) is 58.6 Å². The van der Waals surface area contributed by atoms with E-state index in [0.717, 1.165) is 19.4 Å². The highest BCUT2D eigenvalue weighted by atomic mass is 79.9. The maximum Gasteiger partial charge on any atom is 0.410 e. The quantitative estimate of drug-likeness (QED) is 0.358. The van der Waals surface area contributed by atoms with Gasteiger partial charge in [0.25, 0.3) is 0 Å². The third kappa shape index (κ3) is 4.06. The van der Waals surface area contributed by atoms with Crippen molar-refractivity contribution in [2.75, 3.05) is 31.1 Å². The normalized spacial score (nSPS) is 18.6. The van der Waals surface area contributed by atoms with Crippen LogP contribution >= 0.6 is 39.1 Å². The van der Waals surface area contributed by atoms with Crippen molar-refractivity contribution in [2.24, 2.45) is 5.41 Å². The summed E-state index contributed by atoms with van der Waals surface area (Å²) in [4.78, 5) is 24.6. The molecule has 0 saturated carbocycles. The number of piperidine rings is 1. The van der Waals surface area contributed by atoms with Crippen molar-refractivity contribution >= 4 is 61.9 Å². The Morgan fingerprint density at radius 3 is 2.63 bits per heavy atom. The highest BCUT2D eigenvalue weighted by Crippen LogP contribution is 2.43. The van der Waals surface area contributed by atoms with Gasteiger partial charge in [0.15, 0.2) is 5.82 Å². The Bertz CT molecular complexity index is 1020. The van der Waals surface area contributed by atoms with Crippen LogP contribution in [0.15, 0.2) is 10.5 Å². The maximum absolute atomic E-state index is 14.7. The molecule has 2 aliphatic heterocycles. The molecule has 30 heavy (non-hydrogen) atoms. The number of halogens is 4. The predicted molar refractivity (Wildman–Crippen MR) is 119 cm³/mol. The number of carbonyl (C=O) groups excluding carboxylic acids is 1. The molecule has 162 valence electrons. The van der Waals surface area contributed by atoms with Crippen molar-refractivity contribution in [1.29, 1.82) is 0 Å². The van der Waals surface area contributed by atoms with E-state index in [4.69, 9.17) is 27.9 Å². The number of ether oxygens (including phenoxy) is 1. The van der Waals surface area contributed by atoms with Gasteiger partial charge in [-0.15, -0.1) is 0 Å². The summed E-state index contributed by atoms with van der Waals surface area (Å²) in [6, 6.07) is 1.66. The van der Waals surface area contributed by atoms with E-state index >= 15 is 0 Å². The summed E-state index contributed by atoms with van der Waals surface area (Å²) < 4.78 is 20.4. The van der Waals surface area contributed by atoms with Crippen molar-refractivity contribution in [2.45, 2.75) is 39.2 Å². The Labute approximate surface area is 192 Å². The predicted octanol–water partition coefficient (Wildman–Crippen LogP) is 5.68. The molecule has 3 heterocycles. The molecule has 4 rings (SSSR count). The van der Waals surface area contributed by atoms with Crippen LogP contribution in [0.1, 0.15) is 33.6 Å². The van der Waals surface area contributed by atoms with Crippen LogP contribution in [-0.4, -0.2) is 52.7 Å². The molecule has 2 saturated heterocycles. The highest BCUT2D eigenvalue weighted by Gasteiger charge is 2.49. The number of nitrogens with zero attached hydrogens (tertiary/aromatic N) is 4. The molecule has 0 bridgehead atoms. The SMILES string of the molecule is CC(C)(C)OC(=O)N1CC2(CCCN(c3nc(Cl)nc4c(F)c(Br)c(Cl)cc34)C2)C1. The molecule has 1 amide bonds. The second kappa shape index (κ2) is 7.64. The van der Waals surface area contributed by atoms with Crippen LogP contribution < -0.4 is 4.90 Å². The lowest BCUT2D eigenvalue weighted by Gasteiger charge is -2.54. The summed E-state index contributed by atoms with van der Waals surface area (Å²) in [5, 5.41) is 0.748. The van der Waals surface area contributed by atoms with Gasteiger partial charge in [0.05, 0.1) is 9.50 Å². The lowest BCUT2D eigenvalue weighted by molar-refractivity contribution is -0.0390. The highest BCUT2D eigenvalue weighted by molar-refractivity contribution is 9.10. The summed E-state index contributed by atoms with van der Waals surface area (Å²) in [6.45, 7) is 8.25. The third-order valence-electron chi connectivity index (χ3n) is 5.44. The number of anilines is 1. The standard InChI is InChI=1S/C20H22BrCl2FN4O2/c1-19(2,3)30-18(29)28-9-20(10-28)5-4-6-27(8-20)16-11-7-12(22)13(21)14(24)15(11)25-17(23)26-16/h7H,4-6,8-10H2,1-3H3. The fourth-order valence-electron chi connectivity index (χ4n) is 4.24. The number of likely N-dealkylation sites (tertiary alicyclic amines) is 1. The minimum Gasteiger partial charge on any atom is -0.444 e. The zero-order valence-electron chi connectivity index (χ0n) is 16.9. The zero-order chi connectivity index (χ0) is 21.8. The molecule has 2 fully saturated rings. The van der Waals surface area contributed by atoms with Gasteiger partial charge in [-0.2, -0.15) is 4.98 Å². The summed E-state index contributed by atoms with van der Waals surface area (Å²) in [7, 11) is 0. The van der Waals surface area contributed by atoms with Crippen molar-refractivity contribution in [1.82, 2.24) is 14.9 Å². The first-order valence-electron chi connectivity index (χ1n) is 9.72. The van der Waals surface area contributed by atoms with Crippen LogP contribution in [0.2, 0.25) is 10.3 Å². The summed E-state index contributed by atoms with van der Waals surface area (Å²) >= 11 is 15.5. The van der Waals surface area contributed by atoms with E-state index in [9.17, 15) is 9.18 Å². The lowest BCUT2D eigenvalue weighted by Crippen LogP contribution is -2.64. The number of fused-ring (bicyclic) bond motifs is 1. The molecule has 2 aromatic rings. The number of rotatable bonds is 1. The van der Waals surface area contributed by atoms with Crippen LogP contribution in [0, 0.1) is 11.2 Å². The summed E-state index contributed by atoms with van der Waals surface area (Å²) in [5.74, 6) is 0.00242. The van der Waals surface area contributed by atoms with Crippen molar-refractivity contribution in [3.63, 3.8) is 0 Å². The molecule has 0 aliphatic carbocycles. The molecule has 1 aromatic heterocycles. The van der Waals surface area contributed by atoms with E-state index in [1.807, 2.05) is 20.8 Å². The number of carbonyl (C=O) groups is 1. The second-order valence-electron chi connectivity index (χ2n) is 9.06. The van der Waals surface area contributed by atoms with Gasteiger partial charge < -0.3 is 14.5 Å². The number of amides is 1. The van der Waals surface area contributed by atoms with Crippen LogP contribution in [0.5, 0.6) is 0 Å². The third-order valence-corrected chi connectivity index (χ3v) is 6.92. The molecular weight excluding hydrogens is 498 g/mol. The fourth-order valence-corrected chi connectivity index (χ4v) is 4.90. The van der Waals surface area contributed by atoms with Crippen molar-refractivity contribution in [3.8, 4) is 0 Å². The van der Waals surface area contributed by atoms with Gasteiger partial charge in [-0.05, 0) is 67.2 Å². The molecular formula is C20H22BrCl2FN4O2. The number of hydrogen-bond donors (Lipinski definition) is 0. The molecule has 2 aliphatic rings. The first-order valence-corrected chi connectivity index (χ1v) is 11.3. The van der Waals surface area contributed by atoms with Gasteiger partial charge in [-0.3, -0.25) is 0 Å². The summed E-state index contributed by atoms with van der Waals surface area (Å²) in [6.07, 6.45) is 1.64. The first-order chi connectivity index (χ1) is 14.0. The van der Waals surface area contributed by atoms with Crippen LogP contribution in [0.25, 0.3) is 10.9 Å². The first kappa shape index (κ1) is 21.8. The van der Waals surface area contributed by atoms with Crippen LogP contribution in [0.4, 0.5) is 15.0 Å². The van der Waals surface area contributed by atoms with E-state index < -0.39 is 11.4 Å². The molecule has 1 aromatic carbocycles. The molecule has 0 atom stereocenters. The molecule has 0 unspecified atom stereocenters. The average molecular weight is 520 g/mol. The van der Waals surface area contributed by atoms with E-state index in [0.29, 0.717) is 30.8 Å². The van der Waals surface area contributed by atoms with Gasteiger partial charge in [0.1, 0.15) is 16.9 Å². The van der Waals surface area contributed by atoms with E-state index in [1.54, 1.807) is 11.0 Å². The van der Waals surface area contributed by atoms with Gasteiger partial charge in [-0.25, -0.2) is 14.2 Å². The van der Waals surface area contributed by atoms with Gasteiger partial charge >= 0.3 is 6.09 Å². The Balaban J connectivity index is 1.59. The smallest absolute Gasteiger partial charge is 0.410 e. The summed E-state index contributed by atoms with van der Waals surface area (Å²) in [5.41, 5.74) is -0.437. The second-order valence-corrected chi connectivity index (χ2v) is 10.6. The Hall–Kier alpha value is -1.38. The molecule has 0 radical (unpaired) electrons. The zero-order valence-corrected chi connectivity index (χ0v) is 20.0. The maximum atomic E-state index is 14.7. The molecule has 10 heteroatoms. The Morgan fingerprint density at radius 1 is 1.27 bits per heavy atom. The lowest BCUT2D eigenvalue weighted by atomic mass is 9.73. The van der Waals surface area contributed by atoms with Crippen molar-refractivity contribution in [3.05, 3.63) is 26.7 Å². The minimum absolute atomic E-state index is 0.0192. The molecule has 0 N–H and O–H groups in total. The van der Waals surface area contributed by atoms with Gasteiger partial charge in [0.2, 0.25) is 5.28 Å². The average Bonchev–Trinajstić information content (AvgIpc) is 2.63. The fraction of sp³-hybridized carbons (Fsp3) is 0.550. The number of aromatic nitrogens is 2. The largest absolute Gasteiger partial charge is 0.444 e. The molecule has 1 spiro atoms. The van der Waals surface area contributed by atoms with Crippen molar-refractivity contribution < 1.29 is 13.9 Å². The monoisotopic (exact) mass is 518 g/mol. The van der Waals surface area contributed by atoms with Crippen LogP contribution in [-0.2, 0) is 4.74 Å². The number of benzene rings is 1. The van der Waals surface area contributed by atoms with Gasteiger partial charge in [0, 0.05) is 37.0 Å². The van der Waals surface area contributed by atoms with E-state index in [2.05, 4.69) is 30.8 Å². The Kier molecular flexibility index (Phi) is 5.56. The van der Waals surface area contributed by atoms with Crippen LogP contribution in [0.3, 0.4) is 0 Å². The number of hydrogen-bond acceptors (Lipinski definition) is 5. The van der Waals surface area contributed by atoms with Gasteiger partial charge in [-0.1, -0.05) is 11.6 Å².